The molecule has 2 aromatic carbocycles. The summed E-state index contributed by atoms with van der Waals surface area (Å²) in [7, 11) is 0. The Morgan fingerprint density at radius 3 is 2.12 bits per heavy atom. The fourth-order valence-corrected chi connectivity index (χ4v) is 3.62. The van der Waals surface area contributed by atoms with Gasteiger partial charge in [0.05, 0.1) is 18.4 Å². The molecule has 5 nitrogen and oxygen atoms in total. The Labute approximate surface area is 191 Å². The van der Waals surface area contributed by atoms with Crippen LogP contribution in [0.15, 0.2) is 54.6 Å². The van der Waals surface area contributed by atoms with Crippen molar-refractivity contribution in [2.24, 2.45) is 5.41 Å². The monoisotopic (exact) mass is 440 g/mol. The molecule has 2 aromatic rings. The van der Waals surface area contributed by atoms with Crippen molar-refractivity contribution >= 4 is 11.9 Å². The second-order valence-corrected chi connectivity index (χ2v) is 9.25. The number of ether oxygens (including phenoxy) is 2. The first-order valence-electron chi connectivity index (χ1n) is 11.3. The molecular weight excluding hydrogens is 404 g/mol. The molecule has 0 heterocycles. The quantitative estimate of drug-likeness (QED) is 0.471. The summed E-state index contributed by atoms with van der Waals surface area (Å²) < 4.78 is 10.7. The maximum absolute atomic E-state index is 13.3. The number of carbonyl (C=O) groups excluding carboxylic acids is 2. The van der Waals surface area contributed by atoms with E-state index in [1.54, 1.807) is 6.92 Å². The summed E-state index contributed by atoms with van der Waals surface area (Å²) >= 11 is 0. The molecule has 0 saturated heterocycles. The first-order chi connectivity index (χ1) is 15.2. The van der Waals surface area contributed by atoms with Gasteiger partial charge in [0.1, 0.15) is 6.61 Å². The number of hydrogen-bond donors (Lipinski definition) is 1. The normalized spacial score (nSPS) is 13.3. The molecular formula is C27H36O5. The topological polar surface area (TPSA) is 72.8 Å². The maximum Gasteiger partial charge on any atom is 0.316 e. The Morgan fingerprint density at radius 2 is 1.53 bits per heavy atom. The predicted molar refractivity (Wildman–Crippen MR) is 125 cm³/mol. The third-order valence-electron chi connectivity index (χ3n) is 5.87. The first kappa shape index (κ1) is 25.6. The van der Waals surface area contributed by atoms with E-state index in [0.717, 1.165) is 29.5 Å². The van der Waals surface area contributed by atoms with Crippen LogP contribution < -0.4 is 0 Å². The molecule has 0 saturated carbocycles. The van der Waals surface area contributed by atoms with Gasteiger partial charge in [0.25, 0.3) is 0 Å². The summed E-state index contributed by atoms with van der Waals surface area (Å²) in [5.41, 5.74) is 1.61. The summed E-state index contributed by atoms with van der Waals surface area (Å²) in [6, 6.07) is 17.2. The zero-order valence-corrected chi connectivity index (χ0v) is 19.7. The van der Waals surface area contributed by atoms with Gasteiger partial charge in [-0.1, -0.05) is 74.9 Å². The summed E-state index contributed by atoms with van der Waals surface area (Å²) in [5, 5.41) is 9.57. The Hall–Kier alpha value is -2.66. The Balaban J connectivity index is 2.18. The molecule has 0 aliphatic heterocycles. The van der Waals surface area contributed by atoms with E-state index < -0.39 is 5.41 Å². The standard InChI is InChI=1S/C27H36O5/c1-5-31-24(29)18-21-12-14-23(15-13-21)27(4,17-9-16-26(2,3)20-28)25(30)32-19-22-10-7-6-8-11-22/h6-8,10-15,28H,5,9,16-20H2,1-4H3. The average molecular weight is 441 g/mol. The van der Waals surface area contributed by atoms with Crippen LogP contribution in [-0.4, -0.2) is 30.3 Å². The SMILES string of the molecule is CCOC(=O)Cc1ccc(C(C)(CCCC(C)(C)CO)C(=O)OCc2ccccc2)cc1. The molecule has 1 atom stereocenters. The molecule has 5 heteroatoms. The van der Waals surface area contributed by atoms with Gasteiger partial charge in [0, 0.05) is 6.61 Å². The van der Waals surface area contributed by atoms with Crippen LogP contribution >= 0.6 is 0 Å². The third-order valence-corrected chi connectivity index (χ3v) is 5.87. The highest BCUT2D eigenvalue weighted by Crippen LogP contribution is 2.34. The minimum absolute atomic E-state index is 0.102. The molecule has 0 spiro atoms. The highest BCUT2D eigenvalue weighted by molar-refractivity contribution is 5.83. The molecule has 0 bridgehead atoms. The van der Waals surface area contributed by atoms with Crippen molar-refractivity contribution in [2.45, 2.75) is 65.4 Å². The van der Waals surface area contributed by atoms with Crippen molar-refractivity contribution in [3.8, 4) is 0 Å². The van der Waals surface area contributed by atoms with Crippen LogP contribution in [0.1, 0.15) is 63.6 Å². The first-order valence-corrected chi connectivity index (χ1v) is 11.3. The molecule has 1 N–H and O–H groups in total. The molecule has 0 aliphatic rings. The van der Waals surface area contributed by atoms with Crippen LogP contribution in [0.4, 0.5) is 0 Å². The predicted octanol–water partition coefficient (Wildman–Crippen LogP) is 4.98. The molecule has 0 amide bonds. The van der Waals surface area contributed by atoms with Gasteiger partial charge in [0.2, 0.25) is 0 Å². The van der Waals surface area contributed by atoms with E-state index in [1.807, 2.05) is 75.4 Å². The molecule has 174 valence electrons. The fourth-order valence-electron chi connectivity index (χ4n) is 3.62. The van der Waals surface area contributed by atoms with Gasteiger partial charge in [-0.15, -0.1) is 0 Å². The van der Waals surface area contributed by atoms with Crippen molar-refractivity contribution in [2.75, 3.05) is 13.2 Å². The Bertz CT molecular complexity index is 857. The van der Waals surface area contributed by atoms with Crippen LogP contribution in [0.25, 0.3) is 0 Å². The Kier molecular flexibility index (Phi) is 9.45. The molecule has 1 unspecified atom stereocenters. The lowest BCUT2D eigenvalue weighted by Gasteiger charge is -2.30. The highest BCUT2D eigenvalue weighted by Gasteiger charge is 2.37. The van der Waals surface area contributed by atoms with E-state index in [-0.39, 0.29) is 37.0 Å². The second kappa shape index (κ2) is 11.8. The van der Waals surface area contributed by atoms with Gasteiger partial charge in [-0.05, 0) is 48.8 Å². The zero-order chi connectivity index (χ0) is 23.6. The van der Waals surface area contributed by atoms with E-state index in [9.17, 15) is 14.7 Å². The number of rotatable bonds is 12. The number of aliphatic hydroxyl groups excluding tert-OH is 1. The van der Waals surface area contributed by atoms with E-state index in [0.29, 0.717) is 13.0 Å². The summed E-state index contributed by atoms with van der Waals surface area (Å²) in [6.07, 6.45) is 2.37. The lowest BCUT2D eigenvalue weighted by Crippen LogP contribution is -2.35. The van der Waals surface area contributed by atoms with Crippen LogP contribution in [0.5, 0.6) is 0 Å². The largest absolute Gasteiger partial charge is 0.466 e. The van der Waals surface area contributed by atoms with Crippen LogP contribution in [-0.2, 0) is 37.5 Å². The lowest BCUT2D eigenvalue weighted by molar-refractivity contribution is -0.152. The van der Waals surface area contributed by atoms with Gasteiger partial charge in [-0.25, -0.2) is 0 Å². The fraction of sp³-hybridized carbons (Fsp3) is 0.481. The highest BCUT2D eigenvalue weighted by atomic mass is 16.5. The molecule has 32 heavy (non-hydrogen) atoms. The van der Waals surface area contributed by atoms with Crippen molar-refractivity contribution in [1.29, 1.82) is 0 Å². The molecule has 2 rings (SSSR count). The van der Waals surface area contributed by atoms with E-state index >= 15 is 0 Å². The molecule has 0 aromatic heterocycles. The van der Waals surface area contributed by atoms with Gasteiger partial charge in [0.15, 0.2) is 0 Å². The van der Waals surface area contributed by atoms with Crippen molar-refractivity contribution in [3.63, 3.8) is 0 Å². The van der Waals surface area contributed by atoms with Crippen molar-refractivity contribution < 1.29 is 24.2 Å². The van der Waals surface area contributed by atoms with Gasteiger partial charge in [-0.2, -0.15) is 0 Å². The van der Waals surface area contributed by atoms with Crippen molar-refractivity contribution in [3.05, 3.63) is 71.3 Å². The lowest BCUT2D eigenvalue weighted by atomic mass is 9.76. The molecule has 0 fully saturated rings. The van der Waals surface area contributed by atoms with Crippen LogP contribution in [0, 0.1) is 5.41 Å². The number of aliphatic hydroxyl groups is 1. The zero-order valence-electron chi connectivity index (χ0n) is 19.7. The smallest absolute Gasteiger partial charge is 0.316 e. The number of hydrogen-bond acceptors (Lipinski definition) is 5. The second-order valence-electron chi connectivity index (χ2n) is 9.25. The van der Waals surface area contributed by atoms with Crippen LogP contribution in [0.2, 0.25) is 0 Å². The van der Waals surface area contributed by atoms with Crippen LogP contribution in [0.3, 0.4) is 0 Å². The maximum atomic E-state index is 13.3. The molecule has 0 radical (unpaired) electrons. The summed E-state index contributed by atoms with van der Waals surface area (Å²) in [5.74, 6) is -0.544. The minimum atomic E-state index is -0.831. The summed E-state index contributed by atoms with van der Waals surface area (Å²) in [4.78, 5) is 25.0. The van der Waals surface area contributed by atoms with Gasteiger partial charge < -0.3 is 14.6 Å². The molecule has 0 aliphatic carbocycles. The summed E-state index contributed by atoms with van der Waals surface area (Å²) in [6.45, 7) is 8.40. The Morgan fingerprint density at radius 1 is 0.875 bits per heavy atom. The average Bonchev–Trinajstić information content (AvgIpc) is 2.78. The van der Waals surface area contributed by atoms with E-state index in [4.69, 9.17) is 9.47 Å². The minimum Gasteiger partial charge on any atom is -0.466 e. The number of esters is 2. The van der Waals surface area contributed by atoms with E-state index in [1.165, 1.54) is 0 Å². The van der Waals surface area contributed by atoms with Gasteiger partial charge >= 0.3 is 11.9 Å². The van der Waals surface area contributed by atoms with Gasteiger partial charge in [-0.3, -0.25) is 9.59 Å². The number of benzene rings is 2. The van der Waals surface area contributed by atoms with Crippen molar-refractivity contribution in [1.82, 2.24) is 0 Å². The third kappa shape index (κ3) is 7.49. The number of carbonyl (C=O) groups is 2. The van der Waals surface area contributed by atoms with E-state index in [2.05, 4.69) is 0 Å².